The minimum absolute atomic E-state index is 0.216. The molecule has 2 aromatic carbocycles. The highest BCUT2D eigenvalue weighted by molar-refractivity contribution is 6.21. The van der Waals surface area contributed by atoms with Crippen LogP contribution in [0.3, 0.4) is 0 Å². The van der Waals surface area contributed by atoms with E-state index in [4.69, 9.17) is 0 Å². The maximum Gasteiger partial charge on any atom is 0.282 e. The van der Waals surface area contributed by atoms with Crippen LogP contribution in [0, 0.1) is 11.6 Å². The van der Waals surface area contributed by atoms with Crippen LogP contribution in [-0.2, 0) is 0 Å². The lowest BCUT2D eigenvalue weighted by Gasteiger charge is -2.06. The van der Waals surface area contributed by atoms with Gasteiger partial charge in [-0.25, -0.2) is 8.78 Å². The van der Waals surface area contributed by atoms with Crippen LogP contribution in [0.15, 0.2) is 47.6 Å². The van der Waals surface area contributed by atoms with Gasteiger partial charge in [0.25, 0.3) is 11.8 Å². The Kier molecular flexibility index (Phi) is 3.06. The monoisotopic (exact) mass is 286 g/mol. The average molecular weight is 286 g/mol. The van der Waals surface area contributed by atoms with Crippen molar-refractivity contribution < 1.29 is 18.4 Å². The van der Waals surface area contributed by atoms with Crippen molar-refractivity contribution in [3.63, 3.8) is 0 Å². The summed E-state index contributed by atoms with van der Waals surface area (Å²) in [7, 11) is 0. The zero-order chi connectivity index (χ0) is 15.0. The van der Waals surface area contributed by atoms with Gasteiger partial charge in [-0.1, -0.05) is 18.2 Å². The van der Waals surface area contributed by atoms with Crippen molar-refractivity contribution >= 4 is 18.0 Å². The first kappa shape index (κ1) is 13.1. The number of carbonyl (C=O) groups excluding carboxylic acids is 2. The third kappa shape index (κ3) is 2.10. The zero-order valence-electron chi connectivity index (χ0n) is 10.6. The minimum Gasteiger partial charge on any atom is -0.267 e. The first-order valence-corrected chi connectivity index (χ1v) is 6.05. The Morgan fingerprint density at radius 2 is 1.38 bits per heavy atom. The summed E-state index contributed by atoms with van der Waals surface area (Å²) in [5.41, 5.74) is 0.0244. The Morgan fingerprint density at radius 3 is 1.90 bits per heavy atom. The molecule has 0 aromatic heterocycles. The summed E-state index contributed by atoms with van der Waals surface area (Å²) < 4.78 is 26.9. The highest BCUT2D eigenvalue weighted by atomic mass is 19.1. The van der Waals surface area contributed by atoms with Gasteiger partial charge in [0.2, 0.25) is 0 Å². The Bertz CT molecular complexity index is 732. The van der Waals surface area contributed by atoms with Gasteiger partial charge >= 0.3 is 0 Å². The van der Waals surface area contributed by atoms with E-state index in [0.29, 0.717) is 5.01 Å². The maximum absolute atomic E-state index is 13.5. The molecule has 1 heterocycles. The van der Waals surface area contributed by atoms with Crippen LogP contribution in [0.5, 0.6) is 0 Å². The van der Waals surface area contributed by atoms with Crippen molar-refractivity contribution in [2.75, 3.05) is 0 Å². The Labute approximate surface area is 118 Å². The zero-order valence-corrected chi connectivity index (χ0v) is 10.6. The fraction of sp³-hybridized carbons (Fsp3) is 0. The average Bonchev–Trinajstić information content (AvgIpc) is 2.72. The molecule has 0 unspecified atom stereocenters. The van der Waals surface area contributed by atoms with Gasteiger partial charge in [-0.3, -0.25) is 9.59 Å². The van der Waals surface area contributed by atoms with Gasteiger partial charge in [-0.15, -0.1) is 0 Å². The van der Waals surface area contributed by atoms with Gasteiger partial charge in [-0.2, -0.15) is 10.1 Å². The van der Waals surface area contributed by atoms with E-state index >= 15 is 0 Å². The van der Waals surface area contributed by atoms with E-state index in [9.17, 15) is 18.4 Å². The molecule has 0 N–H and O–H groups in total. The van der Waals surface area contributed by atoms with Crippen molar-refractivity contribution in [1.29, 1.82) is 0 Å². The highest BCUT2D eigenvalue weighted by Gasteiger charge is 2.35. The van der Waals surface area contributed by atoms with E-state index in [1.54, 1.807) is 12.1 Å². The maximum atomic E-state index is 13.5. The molecule has 0 aliphatic carbocycles. The number of hydrogen-bond donors (Lipinski definition) is 0. The molecule has 0 radical (unpaired) electrons. The topological polar surface area (TPSA) is 49.7 Å². The number of halogens is 2. The molecule has 4 nitrogen and oxygen atoms in total. The summed E-state index contributed by atoms with van der Waals surface area (Å²) in [6.45, 7) is 0. The number of imide groups is 1. The summed E-state index contributed by atoms with van der Waals surface area (Å²) in [6, 6.07) is 9.56. The smallest absolute Gasteiger partial charge is 0.267 e. The molecular weight excluding hydrogens is 278 g/mol. The first-order chi connectivity index (χ1) is 10.1. The van der Waals surface area contributed by atoms with Crippen LogP contribution >= 0.6 is 0 Å². The van der Waals surface area contributed by atoms with Crippen molar-refractivity contribution in [1.82, 2.24) is 5.01 Å². The number of benzene rings is 2. The van der Waals surface area contributed by atoms with Gasteiger partial charge in [0.1, 0.15) is 11.6 Å². The molecule has 6 heteroatoms. The highest BCUT2D eigenvalue weighted by Crippen LogP contribution is 2.22. The van der Waals surface area contributed by atoms with E-state index in [2.05, 4.69) is 5.10 Å². The molecule has 2 aromatic rings. The summed E-state index contributed by atoms with van der Waals surface area (Å²) in [6.07, 6.45) is 0.826. The second-order valence-corrected chi connectivity index (χ2v) is 4.35. The van der Waals surface area contributed by atoms with E-state index < -0.39 is 29.0 Å². The number of carbonyl (C=O) groups is 2. The van der Waals surface area contributed by atoms with Crippen molar-refractivity contribution in [3.05, 3.63) is 70.8 Å². The molecule has 1 aliphatic heterocycles. The largest absolute Gasteiger partial charge is 0.282 e. The number of amides is 2. The standard InChI is InChI=1S/C15H8F2N2O2/c16-12-6-3-7-13(17)11(12)8-18-19-14(20)9-4-1-2-5-10(9)15(19)21/h1-8H/b18-8+. The van der Waals surface area contributed by atoms with Crippen molar-refractivity contribution in [2.24, 2.45) is 5.10 Å². The van der Waals surface area contributed by atoms with Crippen LogP contribution in [0.1, 0.15) is 26.3 Å². The van der Waals surface area contributed by atoms with Crippen LogP contribution in [0.4, 0.5) is 8.78 Å². The van der Waals surface area contributed by atoms with Crippen LogP contribution < -0.4 is 0 Å². The Balaban J connectivity index is 1.96. The number of nitrogens with zero attached hydrogens (tertiary/aromatic N) is 2. The molecule has 0 bridgehead atoms. The molecule has 0 saturated carbocycles. The molecular formula is C15H8F2N2O2. The van der Waals surface area contributed by atoms with E-state index in [-0.39, 0.29) is 11.1 Å². The quantitative estimate of drug-likeness (QED) is 0.629. The summed E-state index contributed by atoms with van der Waals surface area (Å²) in [5, 5.41) is 4.21. The Hall–Kier alpha value is -2.89. The minimum atomic E-state index is -0.824. The summed E-state index contributed by atoms with van der Waals surface area (Å²) >= 11 is 0. The fourth-order valence-corrected chi connectivity index (χ4v) is 2.03. The Morgan fingerprint density at radius 1 is 0.857 bits per heavy atom. The van der Waals surface area contributed by atoms with E-state index in [1.165, 1.54) is 18.2 Å². The summed E-state index contributed by atoms with van der Waals surface area (Å²) in [4.78, 5) is 24.0. The van der Waals surface area contributed by atoms with Gasteiger partial charge in [0.05, 0.1) is 22.9 Å². The van der Waals surface area contributed by atoms with Gasteiger partial charge in [-0.05, 0) is 24.3 Å². The lowest BCUT2D eigenvalue weighted by Crippen LogP contribution is -2.24. The van der Waals surface area contributed by atoms with Crippen LogP contribution in [0.25, 0.3) is 0 Å². The van der Waals surface area contributed by atoms with Crippen LogP contribution in [0.2, 0.25) is 0 Å². The number of hydrazone groups is 1. The van der Waals surface area contributed by atoms with Crippen molar-refractivity contribution in [3.8, 4) is 0 Å². The molecule has 1 aliphatic rings. The summed E-state index contributed by atoms with van der Waals surface area (Å²) in [5.74, 6) is -2.89. The second-order valence-electron chi connectivity index (χ2n) is 4.35. The van der Waals surface area contributed by atoms with Crippen LogP contribution in [-0.4, -0.2) is 23.0 Å². The molecule has 21 heavy (non-hydrogen) atoms. The molecule has 0 atom stereocenters. The number of rotatable bonds is 2. The molecule has 104 valence electrons. The molecule has 0 fully saturated rings. The lowest BCUT2D eigenvalue weighted by atomic mass is 10.1. The lowest BCUT2D eigenvalue weighted by molar-refractivity contribution is 0.0660. The number of fused-ring (bicyclic) bond motifs is 1. The van der Waals surface area contributed by atoms with Gasteiger partial charge in [0.15, 0.2) is 0 Å². The molecule has 0 saturated heterocycles. The second kappa shape index (κ2) is 4.90. The third-order valence-electron chi connectivity index (χ3n) is 3.07. The van der Waals surface area contributed by atoms with Gasteiger partial charge < -0.3 is 0 Å². The molecule has 3 rings (SSSR count). The molecule has 0 spiro atoms. The van der Waals surface area contributed by atoms with E-state index in [1.807, 2.05) is 0 Å². The third-order valence-corrected chi connectivity index (χ3v) is 3.07. The SMILES string of the molecule is O=C1c2ccccc2C(=O)N1/N=C/c1c(F)cccc1F. The number of hydrogen-bond acceptors (Lipinski definition) is 3. The predicted octanol–water partition coefficient (Wildman–Crippen LogP) is 2.59. The fourth-order valence-electron chi connectivity index (χ4n) is 2.03. The van der Waals surface area contributed by atoms with Gasteiger partial charge in [0, 0.05) is 0 Å². The predicted molar refractivity (Wildman–Crippen MR) is 70.9 cm³/mol. The van der Waals surface area contributed by atoms with Crippen molar-refractivity contribution in [2.45, 2.75) is 0 Å². The van der Waals surface area contributed by atoms with E-state index in [0.717, 1.165) is 18.3 Å². The first-order valence-electron chi connectivity index (χ1n) is 6.05. The normalized spacial score (nSPS) is 14.1. The molecule has 2 amide bonds.